The van der Waals surface area contributed by atoms with Crippen LogP contribution in [0.5, 0.6) is 0 Å². The van der Waals surface area contributed by atoms with Crippen LogP contribution < -0.4 is 0 Å². The second kappa shape index (κ2) is 7.98. The van der Waals surface area contributed by atoms with E-state index in [0.717, 1.165) is 18.1 Å². The molecule has 2 rings (SSSR count). The van der Waals surface area contributed by atoms with Crippen LogP contribution in [-0.2, 0) is 0 Å². The van der Waals surface area contributed by atoms with Gasteiger partial charge in [0.1, 0.15) is 0 Å². The monoisotopic (exact) mass is 288 g/mol. The standard InChI is InChI=1S/C19H22F2/c1-2-5-15-8-10-16(11-9-15)6-3-4-7-17-12-13-18(20)19(21)14-17/h3,6,12-16H,2,5,8-11H2,1H3/t15-,16-. The quantitative estimate of drug-likeness (QED) is 0.646. The molecule has 0 radical (unpaired) electrons. The minimum Gasteiger partial charge on any atom is -0.204 e. The van der Waals surface area contributed by atoms with Crippen molar-refractivity contribution >= 4 is 0 Å². The Kier molecular flexibility index (Phi) is 5.99. The first-order chi connectivity index (χ1) is 10.2. The highest BCUT2D eigenvalue weighted by molar-refractivity contribution is 5.37. The van der Waals surface area contributed by atoms with Crippen molar-refractivity contribution in [1.82, 2.24) is 0 Å². The van der Waals surface area contributed by atoms with Gasteiger partial charge in [-0.1, -0.05) is 37.7 Å². The molecule has 0 unspecified atom stereocenters. The van der Waals surface area contributed by atoms with Gasteiger partial charge in [0.05, 0.1) is 0 Å². The Morgan fingerprint density at radius 1 is 1.14 bits per heavy atom. The Morgan fingerprint density at radius 2 is 1.90 bits per heavy atom. The van der Waals surface area contributed by atoms with Crippen molar-refractivity contribution in [1.29, 1.82) is 0 Å². The SMILES string of the molecule is CCC[C@H]1CC[C@H](C=CC#Cc2ccc(F)c(F)c2)CC1. The van der Waals surface area contributed by atoms with E-state index in [4.69, 9.17) is 0 Å². The Balaban J connectivity index is 1.83. The number of rotatable bonds is 3. The summed E-state index contributed by atoms with van der Waals surface area (Å²) in [6.07, 6.45) is 11.8. The fraction of sp³-hybridized carbons (Fsp3) is 0.474. The molecular weight excluding hydrogens is 266 g/mol. The number of halogens is 2. The molecule has 0 nitrogen and oxygen atoms in total. The molecule has 1 aromatic rings. The van der Waals surface area contributed by atoms with Gasteiger partial charge in [0.25, 0.3) is 0 Å². The van der Waals surface area contributed by atoms with Crippen LogP contribution in [-0.4, -0.2) is 0 Å². The number of allylic oxidation sites excluding steroid dienone is 2. The highest BCUT2D eigenvalue weighted by Crippen LogP contribution is 2.31. The first-order valence-corrected chi connectivity index (χ1v) is 7.82. The van der Waals surface area contributed by atoms with E-state index < -0.39 is 11.6 Å². The van der Waals surface area contributed by atoms with Gasteiger partial charge >= 0.3 is 0 Å². The Labute approximate surface area is 126 Å². The van der Waals surface area contributed by atoms with Gasteiger partial charge in [-0.05, 0) is 61.8 Å². The summed E-state index contributed by atoms with van der Waals surface area (Å²) in [5.41, 5.74) is 0.505. The highest BCUT2D eigenvalue weighted by Gasteiger charge is 2.18. The predicted molar refractivity (Wildman–Crippen MR) is 82.7 cm³/mol. The second-order valence-electron chi connectivity index (χ2n) is 5.83. The van der Waals surface area contributed by atoms with Crippen molar-refractivity contribution < 1.29 is 8.78 Å². The van der Waals surface area contributed by atoms with E-state index in [1.54, 1.807) is 0 Å². The van der Waals surface area contributed by atoms with E-state index >= 15 is 0 Å². The second-order valence-corrected chi connectivity index (χ2v) is 5.83. The third kappa shape index (κ3) is 5.01. The van der Waals surface area contributed by atoms with Gasteiger partial charge in [-0.2, -0.15) is 0 Å². The van der Waals surface area contributed by atoms with Crippen molar-refractivity contribution in [3.63, 3.8) is 0 Å². The maximum atomic E-state index is 13.0. The highest BCUT2D eigenvalue weighted by atomic mass is 19.2. The molecule has 1 fully saturated rings. The lowest BCUT2D eigenvalue weighted by Gasteiger charge is -2.26. The van der Waals surface area contributed by atoms with Crippen molar-refractivity contribution in [3.8, 4) is 11.8 Å². The molecule has 1 aliphatic rings. The van der Waals surface area contributed by atoms with Crippen LogP contribution in [0.25, 0.3) is 0 Å². The van der Waals surface area contributed by atoms with Gasteiger partial charge in [0.2, 0.25) is 0 Å². The van der Waals surface area contributed by atoms with Crippen molar-refractivity contribution in [2.45, 2.75) is 45.4 Å². The molecule has 0 aliphatic heterocycles. The largest absolute Gasteiger partial charge is 0.204 e. The molecule has 0 spiro atoms. The molecule has 1 saturated carbocycles. The number of hydrogen-bond donors (Lipinski definition) is 0. The Morgan fingerprint density at radius 3 is 2.57 bits per heavy atom. The summed E-state index contributed by atoms with van der Waals surface area (Å²) in [5, 5.41) is 0. The van der Waals surface area contributed by atoms with Crippen LogP contribution in [0.1, 0.15) is 51.0 Å². The summed E-state index contributed by atoms with van der Waals surface area (Å²) < 4.78 is 25.8. The Hall–Kier alpha value is -1.62. The third-order valence-electron chi connectivity index (χ3n) is 4.18. The van der Waals surface area contributed by atoms with Gasteiger partial charge in [-0.25, -0.2) is 8.78 Å². The maximum absolute atomic E-state index is 13.0. The normalized spacial score (nSPS) is 22.0. The van der Waals surface area contributed by atoms with E-state index in [-0.39, 0.29) is 0 Å². The van der Waals surface area contributed by atoms with Gasteiger partial charge in [0, 0.05) is 5.56 Å². The van der Waals surface area contributed by atoms with E-state index in [1.165, 1.54) is 44.6 Å². The molecule has 1 aliphatic carbocycles. The fourth-order valence-corrected chi connectivity index (χ4v) is 2.96. The Bertz CT molecular complexity index is 540. The molecule has 0 amide bonds. The molecule has 0 bridgehead atoms. The minimum atomic E-state index is -0.847. The summed E-state index contributed by atoms with van der Waals surface area (Å²) >= 11 is 0. The van der Waals surface area contributed by atoms with Crippen LogP contribution in [0.2, 0.25) is 0 Å². The summed E-state index contributed by atoms with van der Waals surface area (Å²) in [4.78, 5) is 0. The summed E-state index contributed by atoms with van der Waals surface area (Å²) in [7, 11) is 0. The van der Waals surface area contributed by atoms with Crippen molar-refractivity contribution in [3.05, 3.63) is 47.5 Å². The molecule has 0 heterocycles. The van der Waals surface area contributed by atoms with Crippen molar-refractivity contribution in [2.24, 2.45) is 11.8 Å². The smallest absolute Gasteiger partial charge is 0.160 e. The van der Waals surface area contributed by atoms with Crippen LogP contribution >= 0.6 is 0 Å². The van der Waals surface area contributed by atoms with Crippen molar-refractivity contribution in [2.75, 3.05) is 0 Å². The number of hydrogen-bond acceptors (Lipinski definition) is 0. The molecule has 2 heteroatoms. The number of benzene rings is 1. The van der Waals surface area contributed by atoms with E-state index in [1.807, 2.05) is 6.08 Å². The molecule has 0 saturated heterocycles. The zero-order valence-corrected chi connectivity index (χ0v) is 12.5. The lowest BCUT2D eigenvalue weighted by molar-refractivity contribution is 0.294. The van der Waals surface area contributed by atoms with Gasteiger partial charge in [-0.15, -0.1) is 0 Å². The first kappa shape index (κ1) is 15.8. The van der Waals surface area contributed by atoms with Crippen LogP contribution in [0.15, 0.2) is 30.4 Å². The van der Waals surface area contributed by atoms with Gasteiger partial charge < -0.3 is 0 Å². The first-order valence-electron chi connectivity index (χ1n) is 7.82. The van der Waals surface area contributed by atoms with Gasteiger partial charge in [-0.3, -0.25) is 0 Å². The van der Waals surface area contributed by atoms with E-state index in [0.29, 0.717) is 11.5 Å². The average molecular weight is 288 g/mol. The molecular formula is C19H22F2. The maximum Gasteiger partial charge on any atom is 0.160 e. The van der Waals surface area contributed by atoms with Gasteiger partial charge in [0.15, 0.2) is 11.6 Å². The van der Waals surface area contributed by atoms with Crippen LogP contribution in [0, 0.1) is 35.3 Å². The zero-order valence-electron chi connectivity index (χ0n) is 12.5. The zero-order chi connectivity index (χ0) is 15.1. The molecule has 21 heavy (non-hydrogen) atoms. The van der Waals surface area contributed by atoms with Crippen LogP contribution in [0.3, 0.4) is 0 Å². The molecule has 0 N–H and O–H groups in total. The van der Waals surface area contributed by atoms with E-state index in [2.05, 4.69) is 24.8 Å². The predicted octanol–water partition coefficient (Wildman–Crippen LogP) is 5.48. The summed E-state index contributed by atoms with van der Waals surface area (Å²) in [5.74, 6) is 5.60. The fourth-order valence-electron chi connectivity index (χ4n) is 2.96. The molecule has 0 atom stereocenters. The third-order valence-corrected chi connectivity index (χ3v) is 4.18. The van der Waals surface area contributed by atoms with E-state index in [9.17, 15) is 8.78 Å². The average Bonchev–Trinajstić information content (AvgIpc) is 2.49. The molecule has 1 aromatic carbocycles. The molecule has 0 aromatic heterocycles. The molecule has 112 valence electrons. The van der Waals surface area contributed by atoms with Crippen LogP contribution in [0.4, 0.5) is 8.78 Å². The lowest BCUT2D eigenvalue weighted by atomic mass is 9.80. The summed E-state index contributed by atoms with van der Waals surface area (Å²) in [6, 6.07) is 3.74. The lowest BCUT2D eigenvalue weighted by Crippen LogP contribution is -2.12. The topological polar surface area (TPSA) is 0 Å². The summed E-state index contributed by atoms with van der Waals surface area (Å²) in [6.45, 7) is 2.25. The minimum absolute atomic E-state index is 0.505.